The second kappa shape index (κ2) is 9.38. The van der Waals surface area contributed by atoms with Crippen LogP contribution in [0.5, 0.6) is 0 Å². The summed E-state index contributed by atoms with van der Waals surface area (Å²) in [5.41, 5.74) is 2.23. The van der Waals surface area contributed by atoms with Crippen molar-refractivity contribution in [2.75, 3.05) is 22.5 Å². The summed E-state index contributed by atoms with van der Waals surface area (Å²) in [6, 6.07) is 13.2. The largest absolute Gasteiger partial charge is 0.338 e. The Kier molecular flexibility index (Phi) is 6.93. The third-order valence-corrected chi connectivity index (χ3v) is 3.65. The first-order valence-electron chi connectivity index (χ1n) is 8.76. The number of hydrogen-bond acceptors (Lipinski definition) is 3. The van der Waals surface area contributed by atoms with Gasteiger partial charge in [0, 0.05) is 35.1 Å². The molecule has 0 fully saturated rings. The zero-order chi connectivity index (χ0) is 19.8. The van der Waals surface area contributed by atoms with Crippen molar-refractivity contribution in [3.63, 3.8) is 0 Å². The molecule has 4 N–H and O–H groups in total. The van der Waals surface area contributed by atoms with Crippen LogP contribution in [-0.2, 0) is 4.79 Å². The third kappa shape index (κ3) is 6.14. The van der Waals surface area contributed by atoms with E-state index in [2.05, 4.69) is 21.3 Å². The Morgan fingerprint density at radius 3 is 2.07 bits per heavy atom. The van der Waals surface area contributed by atoms with Crippen molar-refractivity contribution in [3.05, 3.63) is 54.1 Å². The van der Waals surface area contributed by atoms with E-state index in [4.69, 9.17) is 0 Å². The highest BCUT2D eigenvalue weighted by atomic mass is 16.2. The molecule has 2 aromatic carbocycles. The fourth-order valence-corrected chi connectivity index (χ4v) is 2.21. The molecule has 7 nitrogen and oxygen atoms in total. The van der Waals surface area contributed by atoms with Crippen LogP contribution in [-0.4, -0.2) is 24.4 Å². The van der Waals surface area contributed by atoms with Crippen LogP contribution in [0.2, 0.25) is 0 Å². The van der Waals surface area contributed by atoms with E-state index in [-0.39, 0.29) is 23.8 Å². The lowest BCUT2D eigenvalue weighted by Crippen LogP contribution is -2.28. The van der Waals surface area contributed by atoms with Crippen molar-refractivity contribution in [3.8, 4) is 0 Å². The minimum absolute atomic E-state index is 0.0800. The monoisotopic (exact) mass is 368 g/mol. The van der Waals surface area contributed by atoms with E-state index < -0.39 is 0 Å². The number of urea groups is 1. The summed E-state index contributed by atoms with van der Waals surface area (Å²) < 4.78 is 0. The number of rotatable bonds is 6. The van der Waals surface area contributed by atoms with Crippen molar-refractivity contribution in [1.29, 1.82) is 0 Å². The number of hydrogen-bond donors (Lipinski definition) is 4. The Morgan fingerprint density at radius 1 is 0.852 bits per heavy atom. The van der Waals surface area contributed by atoms with Crippen LogP contribution in [0.15, 0.2) is 48.5 Å². The molecule has 2 aromatic rings. The average Bonchev–Trinajstić information content (AvgIpc) is 2.62. The van der Waals surface area contributed by atoms with E-state index in [1.165, 1.54) is 0 Å². The first-order chi connectivity index (χ1) is 12.9. The Bertz CT molecular complexity index is 816. The molecule has 0 saturated heterocycles. The van der Waals surface area contributed by atoms with Gasteiger partial charge in [0.2, 0.25) is 5.91 Å². The molecule has 0 aliphatic carbocycles. The van der Waals surface area contributed by atoms with Crippen molar-refractivity contribution in [2.45, 2.75) is 20.8 Å². The van der Waals surface area contributed by atoms with Gasteiger partial charge in [0.25, 0.3) is 5.91 Å². The maximum atomic E-state index is 12.4. The number of amides is 4. The van der Waals surface area contributed by atoms with Gasteiger partial charge in [0.1, 0.15) is 0 Å². The smallest absolute Gasteiger partial charge is 0.319 e. The first kappa shape index (κ1) is 20.0. The zero-order valence-corrected chi connectivity index (χ0v) is 15.6. The topological polar surface area (TPSA) is 99.3 Å². The van der Waals surface area contributed by atoms with Gasteiger partial charge in [0.15, 0.2) is 0 Å². The molecule has 2 rings (SSSR count). The molecule has 27 heavy (non-hydrogen) atoms. The number of nitrogens with one attached hydrogen (secondary N) is 4. The summed E-state index contributed by atoms with van der Waals surface area (Å²) in [4.78, 5) is 35.7. The fraction of sp³-hybridized carbons (Fsp3) is 0.250. The summed E-state index contributed by atoms with van der Waals surface area (Å²) in [7, 11) is 0. The first-order valence-corrected chi connectivity index (χ1v) is 8.76. The van der Waals surface area contributed by atoms with Gasteiger partial charge in [-0.15, -0.1) is 0 Å². The van der Waals surface area contributed by atoms with Gasteiger partial charge in [-0.25, -0.2) is 4.79 Å². The van der Waals surface area contributed by atoms with Crippen LogP contribution >= 0.6 is 0 Å². The Balaban J connectivity index is 2.00. The lowest BCUT2D eigenvalue weighted by atomic mass is 10.1. The number of carbonyl (C=O) groups is 3. The Morgan fingerprint density at radius 2 is 1.48 bits per heavy atom. The Labute approximate surface area is 158 Å². The van der Waals surface area contributed by atoms with E-state index >= 15 is 0 Å². The third-order valence-electron chi connectivity index (χ3n) is 3.65. The molecule has 0 unspecified atom stereocenters. The number of carbonyl (C=O) groups excluding carboxylic acids is 3. The SMILES string of the molecule is CCNC(=O)Nc1cccc(NC(=O)c2ccc(NC(=O)C(C)C)cc2)c1. The average molecular weight is 368 g/mol. The number of anilines is 3. The van der Waals surface area contributed by atoms with Crippen molar-refractivity contribution in [2.24, 2.45) is 5.92 Å². The van der Waals surface area contributed by atoms with E-state index in [0.717, 1.165) is 0 Å². The minimum Gasteiger partial charge on any atom is -0.338 e. The molecule has 4 amide bonds. The maximum Gasteiger partial charge on any atom is 0.319 e. The minimum atomic E-state index is -0.306. The standard InChI is InChI=1S/C20H24N4O3/c1-4-21-20(27)24-17-7-5-6-16(12-17)23-19(26)14-8-10-15(11-9-14)22-18(25)13(2)3/h5-13H,4H2,1-3H3,(H,22,25)(H,23,26)(H2,21,24,27). The second-order valence-corrected chi connectivity index (χ2v) is 6.24. The van der Waals surface area contributed by atoms with E-state index in [0.29, 0.717) is 29.2 Å². The van der Waals surface area contributed by atoms with E-state index in [1.54, 1.807) is 48.5 Å². The van der Waals surface area contributed by atoms with E-state index in [9.17, 15) is 14.4 Å². The maximum absolute atomic E-state index is 12.4. The van der Waals surface area contributed by atoms with Gasteiger partial charge in [-0.2, -0.15) is 0 Å². The molecular formula is C20H24N4O3. The van der Waals surface area contributed by atoms with Gasteiger partial charge in [-0.05, 0) is 49.4 Å². The molecule has 7 heteroatoms. The van der Waals surface area contributed by atoms with Gasteiger partial charge in [-0.1, -0.05) is 19.9 Å². The van der Waals surface area contributed by atoms with Crippen LogP contribution in [0.3, 0.4) is 0 Å². The summed E-state index contributed by atoms with van der Waals surface area (Å²) >= 11 is 0. The zero-order valence-electron chi connectivity index (χ0n) is 15.6. The predicted octanol–water partition coefficient (Wildman–Crippen LogP) is 3.67. The normalized spacial score (nSPS) is 10.2. The van der Waals surface area contributed by atoms with Gasteiger partial charge in [0.05, 0.1) is 0 Å². The molecule has 0 spiro atoms. The highest BCUT2D eigenvalue weighted by Gasteiger charge is 2.10. The van der Waals surface area contributed by atoms with Crippen LogP contribution < -0.4 is 21.3 Å². The quantitative estimate of drug-likeness (QED) is 0.626. The van der Waals surface area contributed by atoms with Gasteiger partial charge in [-0.3, -0.25) is 9.59 Å². The molecule has 0 radical (unpaired) electrons. The molecule has 0 aromatic heterocycles. The van der Waals surface area contributed by atoms with Crippen molar-refractivity contribution in [1.82, 2.24) is 5.32 Å². The van der Waals surface area contributed by atoms with Gasteiger partial charge < -0.3 is 21.3 Å². The van der Waals surface area contributed by atoms with Gasteiger partial charge >= 0.3 is 6.03 Å². The molecule has 142 valence electrons. The van der Waals surface area contributed by atoms with Crippen LogP contribution in [0, 0.1) is 5.92 Å². The summed E-state index contributed by atoms with van der Waals surface area (Å²) in [6.07, 6.45) is 0. The van der Waals surface area contributed by atoms with Crippen molar-refractivity contribution >= 4 is 34.9 Å². The highest BCUT2D eigenvalue weighted by molar-refractivity contribution is 6.05. The Hall–Kier alpha value is -3.35. The summed E-state index contributed by atoms with van der Waals surface area (Å²) in [5, 5.41) is 10.9. The predicted molar refractivity (Wildman–Crippen MR) is 107 cm³/mol. The lowest BCUT2D eigenvalue weighted by Gasteiger charge is -2.10. The molecule has 0 aliphatic heterocycles. The molecule has 0 heterocycles. The lowest BCUT2D eigenvalue weighted by molar-refractivity contribution is -0.118. The van der Waals surface area contributed by atoms with Crippen molar-refractivity contribution < 1.29 is 14.4 Å². The van der Waals surface area contributed by atoms with E-state index in [1.807, 2.05) is 20.8 Å². The molecule has 0 saturated carbocycles. The fourth-order valence-electron chi connectivity index (χ4n) is 2.21. The molecule has 0 atom stereocenters. The molecular weight excluding hydrogens is 344 g/mol. The number of benzene rings is 2. The molecule has 0 aliphatic rings. The highest BCUT2D eigenvalue weighted by Crippen LogP contribution is 2.17. The van der Waals surface area contributed by atoms with Crippen LogP contribution in [0.1, 0.15) is 31.1 Å². The molecule has 0 bridgehead atoms. The van der Waals surface area contributed by atoms with Crippen LogP contribution in [0.25, 0.3) is 0 Å². The second-order valence-electron chi connectivity index (χ2n) is 6.24. The van der Waals surface area contributed by atoms with Crippen LogP contribution in [0.4, 0.5) is 21.9 Å². The summed E-state index contributed by atoms with van der Waals surface area (Å²) in [5.74, 6) is -0.483. The summed E-state index contributed by atoms with van der Waals surface area (Å²) in [6.45, 7) is 5.98.